The van der Waals surface area contributed by atoms with Crippen LogP contribution in [0.15, 0.2) is 29.4 Å². The van der Waals surface area contributed by atoms with Crippen molar-refractivity contribution in [2.75, 3.05) is 13.1 Å². The number of piperidine rings is 3. The molecule has 2 bridgehead atoms. The predicted molar refractivity (Wildman–Crippen MR) is 69.5 cm³/mol. The summed E-state index contributed by atoms with van der Waals surface area (Å²) in [6.45, 7) is 2.40. The summed E-state index contributed by atoms with van der Waals surface area (Å²) in [7, 11) is 0. The second kappa shape index (κ2) is 3.72. The van der Waals surface area contributed by atoms with Crippen LogP contribution in [0.25, 0.3) is 0 Å². The third-order valence-corrected chi connectivity index (χ3v) is 4.54. The van der Waals surface area contributed by atoms with Crippen LogP contribution in [0.2, 0.25) is 0 Å². The van der Waals surface area contributed by atoms with Crippen molar-refractivity contribution >= 4 is 5.71 Å². The van der Waals surface area contributed by atoms with E-state index in [1.807, 2.05) is 12.1 Å². The van der Waals surface area contributed by atoms with Gasteiger partial charge in [-0.05, 0) is 43.6 Å². The van der Waals surface area contributed by atoms with Crippen LogP contribution < -0.4 is 5.43 Å². The summed E-state index contributed by atoms with van der Waals surface area (Å²) in [5, 5.41) is 14.0. The van der Waals surface area contributed by atoms with Gasteiger partial charge in [0.15, 0.2) is 0 Å². The van der Waals surface area contributed by atoms with Crippen molar-refractivity contribution in [1.82, 2.24) is 10.3 Å². The Morgan fingerprint density at radius 3 is 2.61 bits per heavy atom. The highest BCUT2D eigenvalue weighted by Crippen LogP contribution is 2.38. The van der Waals surface area contributed by atoms with E-state index in [1.165, 1.54) is 37.2 Å². The van der Waals surface area contributed by atoms with Gasteiger partial charge < -0.3 is 10.5 Å². The summed E-state index contributed by atoms with van der Waals surface area (Å²) >= 11 is 0. The SMILES string of the molecule is Oc1ccc(C2NN=C3C4CCN(CC4)C32)cc1. The fourth-order valence-corrected chi connectivity index (χ4v) is 3.59. The molecule has 3 saturated heterocycles. The average Bonchev–Trinajstić information content (AvgIpc) is 2.88. The molecule has 0 spiro atoms. The molecule has 0 radical (unpaired) electrons. The number of hydrazone groups is 1. The van der Waals surface area contributed by atoms with Gasteiger partial charge in [-0.3, -0.25) is 4.90 Å². The molecule has 2 N–H and O–H groups in total. The fraction of sp³-hybridized carbons (Fsp3) is 0.500. The Balaban J connectivity index is 1.67. The summed E-state index contributed by atoms with van der Waals surface area (Å²) in [6.07, 6.45) is 2.53. The Hall–Kier alpha value is -1.55. The Bertz CT molecular complexity index is 488. The minimum Gasteiger partial charge on any atom is -0.508 e. The Morgan fingerprint density at radius 2 is 1.89 bits per heavy atom. The fourth-order valence-electron chi connectivity index (χ4n) is 3.59. The summed E-state index contributed by atoms with van der Waals surface area (Å²) in [6, 6.07) is 8.19. The molecule has 0 aromatic heterocycles. The lowest BCUT2D eigenvalue weighted by Crippen LogP contribution is -2.56. The number of aromatic hydroxyl groups is 1. The van der Waals surface area contributed by atoms with Crippen molar-refractivity contribution in [2.45, 2.75) is 24.9 Å². The molecule has 2 unspecified atom stereocenters. The molecule has 0 amide bonds. The zero-order chi connectivity index (χ0) is 12.1. The number of phenolic OH excluding ortho intramolecular Hbond substituents is 1. The molecule has 94 valence electrons. The molecule has 5 rings (SSSR count). The molecule has 1 aromatic carbocycles. The van der Waals surface area contributed by atoms with Crippen molar-refractivity contribution in [1.29, 1.82) is 0 Å². The molecule has 0 saturated carbocycles. The maximum atomic E-state index is 9.38. The molecule has 4 heterocycles. The highest BCUT2D eigenvalue weighted by atomic mass is 16.3. The first-order chi connectivity index (χ1) is 8.83. The van der Waals surface area contributed by atoms with Crippen molar-refractivity contribution in [3.63, 3.8) is 0 Å². The van der Waals surface area contributed by atoms with Crippen LogP contribution in [0, 0.1) is 5.92 Å². The highest BCUT2D eigenvalue weighted by molar-refractivity contribution is 5.95. The number of benzene rings is 1. The van der Waals surface area contributed by atoms with E-state index in [4.69, 9.17) is 0 Å². The van der Waals surface area contributed by atoms with Crippen LogP contribution in [0.1, 0.15) is 24.4 Å². The predicted octanol–water partition coefficient (Wildman–Crippen LogP) is 1.49. The lowest BCUT2D eigenvalue weighted by molar-refractivity contribution is 0.133. The van der Waals surface area contributed by atoms with Crippen molar-refractivity contribution in [2.24, 2.45) is 11.0 Å². The van der Waals surface area contributed by atoms with E-state index < -0.39 is 0 Å². The van der Waals surface area contributed by atoms with Gasteiger partial charge in [0, 0.05) is 5.92 Å². The van der Waals surface area contributed by atoms with Crippen LogP contribution in [0.3, 0.4) is 0 Å². The number of fused-ring (bicyclic) bond motifs is 2. The Labute approximate surface area is 106 Å². The van der Waals surface area contributed by atoms with Crippen LogP contribution in [-0.4, -0.2) is 34.8 Å². The molecular formula is C14H17N3O. The zero-order valence-corrected chi connectivity index (χ0v) is 10.2. The lowest BCUT2D eigenvalue weighted by Gasteiger charge is -2.45. The smallest absolute Gasteiger partial charge is 0.115 e. The summed E-state index contributed by atoms with van der Waals surface area (Å²) in [5.74, 6) is 1.01. The second-order valence-corrected chi connectivity index (χ2v) is 5.49. The number of hydrogen-bond donors (Lipinski definition) is 2. The summed E-state index contributed by atoms with van der Waals surface area (Å²) in [4.78, 5) is 2.55. The summed E-state index contributed by atoms with van der Waals surface area (Å²) < 4.78 is 0. The quantitative estimate of drug-likeness (QED) is 0.785. The standard InChI is InChI=1S/C14H17N3O/c18-11-3-1-9(2-4-11)12-14-13(16-15-12)10-5-7-17(14)8-6-10/h1-4,10,12,14-15,18H,5-8H2. The van der Waals surface area contributed by atoms with E-state index >= 15 is 0 Å². The first-order valence-corrected chi connectivity index (χ1v) is 6.69. The molecule has 0 aliphatic carbocycles. The van der Waals surface area contributed by atoms with E-state index in [1.54, 1.807) is 12.1 Å². The van der Waals surface area contributed by atoms with E-state index in [2.05, 4.69) is 15.4 Å². The molecule has 4 aliphatic rings. The van der Waals surface area contributed by atoms with Gasteiger partial charge in [0.25, 0.3) is 0 Å². The topological polar surface area (TPSA) is 47.9 Å². The van der Waals surface area contributed by atoms with Gasteiger partial charge in [0.2, 0.25) is 0 Å². The van der Waals surface area contributed by atoms with Gasteiger partial charge in [0.1, 0.15) is 5.75 Å². The number of rotatable bonds is 1. The van der Waals surface area contributed by atoms with Gasteiger partial charge in [-0.15, -0.1) is 0 Å². The molecule has 4 aliphatic heterocycles. The molecule has 3 fully saturated rings. The van der Waals surface area contributed by atoms with Crippen molar-refractivity contribution < 1.29 is 5.11 Å². The van der Waals surface area contributed by atoms with E-state index in [0.29, 0.717) is 17.7 Å². The third-order valence-electron chi connectivity index (χ3n) is 4.54. The van der Waals surface area contributed by atoms with Gasteiger partial charge in [-0.1, -0.05) is 12.1 Å². The monoisotopic (exact) mass is 243 g/mol. The second-order valence-electron chi connectivity index (χ2n) is 5.49. The zero-order valence-electron chi connectivity index (χ0n) is 10.2. The highest BCUT2D eigenvalue weighted by Gasteiger charge is 2.46. The van der Waals surface area contributed by atoms with Gasteiger partial charge in [-0.2, -0.15) is 5.10 Å². The number of nitrogens with one attached hydrogen (secondary N) is 1. The van der Waals surface area contributed by atoms with Crippen molar-refractivity contribution in [3.8, 4) is 5.75 Å². The minimum absolute atomic E-state index is 0.253. The molecule has 1 aromatic rings. The largest absolute Gasteiger partial charge is 0.508 e. The Morgan fingerprint density at radius 1 is 1.17 bits per heavy atom. The van der Waals surface area contributed by atoms with Crippen LogP contribution in [0.5, 0.6) is 5.75 Å². The molecule has 2 atom stereocenters. The third kappa shape index (κ3) is 1.38. The molecule has 4 heteroatoms. The molecule has 18 heavy (non-hydrogen) atoms. The van der Waals surface area contributed by atoms with Crippen LogP contribution in [-0.2, 0) is 0 Å². The first-order valence-electron chi connectivity index (χ1n) is 6.69. The number of hydrogen-bond acceptors (Lipinski definition) is 4. The maximum absolute atomic E-state index is 9.38. The maximum Gasteiger partial charge on any atom is 0.115 e. The van der Waals surface area contributed by atoms with Gasteiger partial charge in [-0.25, -0.2) is 0 Å². The van der Waals surface area contributed by atoms with E-state index in [9.17, 15) is 5.11 Å². The van der Waals surface area contributed by atoms with E-state index in [-0.39, 0.29) is 6.04 Å². The summed E-state index contributed by atoms with van der Waals surface area (Å²) in [5.41, 5.74) is 5.86. The van der Waals surface area contributed by atoms with E-state index in [0.717, 1.165) is 0 Å². The molecular weight excluding hydrogens is 226 g/mol. The normalized spacial score (nSPS) is 37.0. The molecule has 4 nitrogen and oxygen atoms in total. The van der Waals surface area contributed by atoms with Gasteiger partial charge >= 0.3 is 0 Å². The number of phenols is 1. The van der Waals surface area contributed by atoms with Gasteiger partial charge in [0.05, 0.1) is 17.8 Å². The van der Waals surface area contributed by atoms with Crippen LogP contribution in [0.4, 0.5) is 0 Å². The van der Waals surface area contributed by atoms with Crippen LogP contribution >= 0.6 is 0 Å². The number of nitrogens with zero attached hydrogens (tertiary/aromatic N) is 2. The minimum atomic E-state index is 0.253. The average molecular weight is 243 g/mol. The van der Waals surface area contributed by atoms with Crippen molar-refractivity contribution in [3.05, 3.63) is 29.8 Å². The Kier molecular flexibility index (Phi) is 2.14. The first kappa shape index (κ1) is 10.4. The lowest BCUT2D eigenvalue weighted by atomic mass is 9.78.